The number of aliphatic imine (C=N–C) groups is 1. The number of aliphatic hydroxyl groups is 1. The summed E-state index contributed by atoms with van der Waals surface area (Å²) in [4.78, 5) is 4.45. The van der Waals surface area contributed by atoms with Crippen LogP contribution < -0.4 is 20.1 Å². The fourth-order valence-corrected chi connectivity index (χ4v) is 2.45. The molecule has 146 valence electrons. The topological polar surface area (TPSA) is 75.1 Å². The summed E-state index contributed by atoms with van der Waals surface area (Å²) in [5, 5.41) is 16.7. The van der Waals surface area contributed by atoms with E-state index in [1.165, 1.54) is 5.56 Å². The van der Waals surface area contributed by atoms with Crippen molar-refractivity contribution >= 4 is 5.96 Å². The maximum Gasteiger partial charge on any atom is 0.191 e. The molecule has 2 aromatic rings. The Hall–Kier alpha value is -2.73. The minimum Gasteiger partial charge on any atom is -0.497 e. The van der Waals surface area contributed by atoms with E-state index in [1.54, 1.807) is 7.11 Å². The molecule has 1 atom stereocenters. The average Bonchev–Trinajstić information content (AvgIpc) is 2.70. The minimum atomic E-state index is -0.695. The van der Waals surface area contributed by atoms with E-state index in [9.17, 15) is 5.11 Å². The summed E-state index contributed by atoms with van der Waals surface area (Å²) in [6.45, 7) is 6.16. The molecule has 3 N–H and O–H groups in total. The lowest BCUT2D eigenvalue weighted by molar-refractivity contribution is 0.186. The van der Waals surface area contributed by atoms with Gasteiger partial charge in [0.05, 0.1) is 26.3 Å². The number of benzene rings is 2. The minimum absolute atomic E-state index is 0.251. The Balaban J connectivity index is 1.82. The molecule has 0 aliphatic carbocycles. The van der Waals surface area contributed by atoms with Crippen LogP contribution in [-0.2, 0) is 0 Å². The number of nitrogens with zero attached hydrogens (tertiary/aromatic N) is 1. The van der Waals surface area contributed by atoms with Gasteiger partial charge in [-0.05, 0) is 43.7 Å². The van der Waals surface area contributed by atoms with Crippen molar-refractivity contribution in [3.05, 3.63) is 59.7 Å². The van der Waals surface area contributed by atoms with Gasteiger partial charge in [-0.2, -0.15) is 0 Å². The molecule has 0 aliphatic heterocycles. The number of methoxy groups -OCH3 is 1. The second-order valence-electron chi connectivity index (χ2n) is 6.10. The van der Waals surface area contributed by atoms with E-state index in [4.69, 9.17) is 9.47 Å². The smallest absolute Gasteiger partial charge is 0.191 e. The summed E-state index contributed by atoms with van der Waals surface area (Å²) in [6, 6.07) is 15.3. The van der Waals surface area contributed by atoms with Crippen LogP contribution in [0.2, 0.25) is 0 Å². The highest BCUT2D eigenvalue weighted by atomic mass is 16.5. The predicted octanol–water partition coefficient (Wildman–Crippen LogP) is 2.67. The largest absolute Gasteiger partial charge is 0.497 e. The molecule has 0 saturated carbocycles. The quantitative estimate of drug-likeness (QED) is 0.359. The number of guanidine groups is 1. The summed E-state index contributed by atoms with van der Waals surface area (Å²) in [5.74, 6) is 2.21. The van der Waals surface area contributed by atoms with E-state index in [0.29, 0.717) is 24.9 Å². The average molecular weight is 371 g/mol. The number of hydrogen-bond donors (Lipinski definition) is 3. The zero-order valence-electron chi connectivity index (χ0n) is 16.2. The molecule has 0 radical (unpaired) electrons. The first-order chi connectivity index (χ1) is 13.1. The SMILES string of the molecule is CCNC(=NCC(O)c1cccc(OC)c1)NCCOc1ccc(C)cc1. The number of aryl methyl sites for hydroxylation is 1. The second-order valence-corrected chi connectivity index (χ2v) is 6.10. The highest BCUT2D eigenvalue weighted by molar-refractivity contribution is 5.79. The monoisotopic (exact) mass is 371 g/mol. The van der Waals surface area contributed by atoms with Crippen molar-refractivity contribution in [1.82, 2.24) is 10.6 Å². The van der Waals surface area contributed by atoms with Gasteiger partial charge in [-0.3, -0.25) is 4.99 Å². The van der Waals surface area contributed by atoms with Crippen molar-refractivity contribution in [2.45, 2.75) is 20.0 Å². The van der Waals surface area contributed by atoms with Crippen LogP contribution in [0.3, 0.4) is 0 Å². The van der Waals surface area contributed by atoms with Gasteiger partial charge in [-0.1, -0.05) is 29.8 Å². The molecule has 0 saturated heterocycles. The van der Waals surface area contributed by atoms with Gasteiger partial charge in [0.25, 0.3) is 0 Å². The van der Waals surface area contributed by atoms with Gasteiger partial charge in [-0.25, -0.2) is 0 Å². The van der Waals surface area contributed by atoms with Crippen LogP contribution in [-0.4, -0.2) is 44.4 Å². The Morgan fingerprint density at radius 3 is 2.59 bits per heavy atom. The molecule has 6 heteroatoms. The van der Waals surface area contributed by atoms with E-state index in [2.05, 4.69) is 15.6 Å². The first kappa shape index (κ1) is 20.6. The Labute approximate surface area is 161 Å². The molecule has 0 fully saturated rings. The van der Waals surface area contributed by atoms with Crippen LogP contribution in [0, 0.1) is 6.92 Å². The third-order valence-corrected chi connectivity index (χ3v) is 3.93. The van der Waals surface area contributed by atoms with E-state index >= 15 is 0 Å². The van der Waals surface area contributed by atoms with Crippen molar-refractivity contribution in [2.24, 2.45) is 4.99 Å². The molecule has 0 amide bonds. The molecular weight excluding hydrogens is 342 g/mol. The summed E-state index contributed by atoms with van der Waals surface area (Å²) >= 11 is 0. The Morgan fingerprint density at radius 2 is 1.89 bits per heavy atom. The van der Waals surface area contributed by atoms with Crippen molar-refractivity contribution in [3.8, 4) is 11.5 Å². The number of aliphatic hydroxyl groups excluding tert-OH is 1. The van der Waals surface area contributed by atoms with Gasteiger partial charge in [0, 0.05) is 6.54 Å². The molecule has 0 aromatic heterocycles. The lowest BCUT2D eigenvalue weighted by atomic mass is 10.1. The molecule has 0 heterocycles. The highest BCUT2D eigenvalue weighted by Gasteiger charge is 2.08. The van der Waals surface area contributed by atoms with Gasteiger partial charge in [0.2, 0.25) is 0 Å². The fourth-order valence-electron chi connectivity index (χ4n) is 2.45. The van der Waals surface area contributed by atoms with Gasteiger partial charge < -0.3 is 25.2 Å². The van der Waals surface area contributed by atoms with Crippen LogP contribution in [0.4, 0.5) is 0 Å². The zero-order valence-corrected chi connectivity index (χ0v) is 16.2. The van der Waals surface area contributed by atoms with Crippen LogP contribution in [0.1, 0.15) is 24.2 Å². The Kier molecular flexibility index (Phi) is 8.45. The van der Waals surface area contributed by atoms with E-state index < -0.39 is 6.10 Å². The van der Waals surface area contributed by atoms with E-state index in [-0.39, 0.29) is 6.54 Å². The predicted molar refractivity (Wildman–Crippen MR) is 109 cm³/mol. The second kappa shape index (κ2) is 11.1. The van der Waals surface area contributed by atoms with Gasteiger partial charge in [0.1, 0.15) is 18.1 Å². The number of hydrogen-bond acceptors (Lipinski definition) is 4. The van der Waals surface area contributed by atoms with Crippen molar-refractivity contribution in [3.63, 3.8) is 0 Å². The molecule has 0 aliphatic rings. The lowest BCUT2D eigenvalue weighted by Gasteiger charge is -2.14. The molecule has 1 unspecified atom stereocenters. The van der Waals surface area contributed by atoms with Crippen LogP contribution in [0.5, 0.6) is 11.5 Å². The van der Waals surface area contributed by atoms with Gasteiger partial charge in [0.15, 0.2) is 5.96 Å². The zero-order chi connectivity index (χ0) is 19.5. The summed E-state index contributed by atoms with van der Waals surface area (Å²) in [7, 11) is 1.61. The molecule has 2 aromatic carbocycles. The fraction of sp³-hybridized carbons (Fsp3) is 0.381. The third-order valence-electron chi connectivity index (χ3n) is 3.93. The standard InChI is InChI=1S/C21H29N3O3/c1-4-22-21(23-12-13-27-18-10-8-16(2)9-11-18)24-15-20(25)17-6-5-7-19(14-17)26-3/h5-11,14,20,25H,4,12-13,15H2,1-3H3,(H2,22,23,24). The summed E-state index contributed by atoms with van der Waals surface area (Å²) in [6.07, 6.45) is -0.695. The first-order valence-electron chi connectivity index (χ1n) is 9.16. The molecule has 27 heavy (non-hydrogen) atoms. The highest BCUT2D eigenvalue weighted by Crippen LogP contribution is 2.19. The van der Waals surface area contributed by atoms with Crippen LogP contribution in [0.15, 0.2) is 53.5 Å². The maximum absolute atomic E-state index is 10.4. The number of rotatable bonds is 9. The van der Waals surface area contributed by atoms with Gasteiger partial charge in [-0.15, -0.1) is 0 Å². The van der Waals surface area contributed by atoms with Crippen molar-refractivity contribution < 1.29 is 14.6 Å². The maximum atomic E-state index is 10.4. The normalized spacial score (nSPS) is 12.4. The molecular formula is C21H29N3O3. The molecule has 0 bridgehead atoms. The lowest BCUT2D eigenvalue weighted by Crippen LogP contribution is -2.39. The van der Waals surface area contributed by atoms with Crippen LogP contribution >= 0.6 is 0 Å². The van der Waals surface area contributed by atoms with E-state index in [1.807, 2.05) is 62.4 Å². The number of nitrogens with one attached hydrogen (secondary N) is 2. The molecule has 6 nitrogen and oxygen atoms in total. The van der Waals surface area contributed by atoms with E-state index in [0.717, 1.165) is 17.9 Å². The summed E-state index contributed by atoms with van der Waals surface area (Å²) < 4.78 is 10.9. The van der Waals surface area contributed by atoms with Crippen molar-refractivity contribution in [2.75, 3.05) is 33.4 Å². The molecule has 0 spiro atoms. The third kappa shape index (κ3) is 7.19. The number of ether oxygens (including phenoxy) is 2. The van der Waals surface area contributed by atoms with Gasteiger partial charge >= 0.3 is 0 Å². The Morgan fingerprint density at radius 1 is 1.11 bits per heavy atom. The summed E-state index contributed by atoms with van der Waals surface area (Å²) in [5.41, 5.74) is 1.98. The molecule has 2 rings (SSSR count). The van der Waals surface area contributed by atoms with Crippen molar-refractivity contribution in [1.29, 1.82) is 0 Å². The Bertz CT molecular complexity index is 717. The first-order valence-corrected chi connectivity index (χ1v) is 9.16. The van der Waals surface area contributed by atoms with Crippen LogP contribution in [0.25, 0.3) is 0 Å².